The van der Waals surface area contributed by atoms with Gasteiger partial charge in [-0.3, -0.25) is 4.79 Å². The Morgan fingerprint density at radius 2 is 2.25 bits per heavy atom. The zero-order chi connectivity index (χ0) is 14.5. The van der Waals surface area contributed by atoms with E-state index in [0.29, 0.717) is 5.69 Å². The molecule has 0 aliphatic rings. The lowest BCUT2D eigenvalue weighted by atomic mass is 10.2. The lowest BCUT2D eigenvalue weighted by molar-refractivity contribution is -0.116. The van der Waals surface area contributed by atoms with E-state index in [9.17, 15) is 9.18 Å². The van der Waals surface area contributed by atoms with Crippen LogP contribution in [0.4, 0.5) is 10.1 Å². The fourth-order valence-corrected chi connectivity index (χ4v) is 1.67. The number of nitrogens with one attached hydrogen (secondary N) is 1. The van der Waals surface area contributed by atoms with Crippen LogP contribution in [0.15, 0.2) is 30.5 Å². The molecular formula is C13H16FN5O. The second-order valence-corrected chi connectivity index (χ2v) is 4.38. The first-order valence-electron chi connectivity index (χ1n) is 6.30. The minimum Gasteiger partial charge on any atom is -0.323 e. The van der Waals surface area contributed by atoms with Gasteiger partial charge < -0.3 is 11.1 Å². The zero-order valence-electron chi connectivity index (χ0n) is 11.1. The summed E-state index contributed by atoms with van der Waals surface area (Å²) in [7, 11) is 0. The number of rotatable bonds is 5. The number of hydrogen-bond donors (Lipinski definition) is 2. The highest BCUT2D eigenvalue weighted by molar-refractivity contribution is 5.90. The fraction of sp³-hybridized carbons (Fsp3) is 0.308. The van der Waals surface area contributed by atoms with Crippen LogP contribution in [0.5, 0.6) is 0 Å². The van der Waals surface area contributed by atoms with E-state index in [1.807, 2.05) is 6.92 Å². The zero-order valence-corrected chi connectivity index (χ0v) is 11.1. The summed E-state index contributed by atoms with van der Waals surface area (Å²) in [5, 5.41) is 10.2. The molecule has 1 unspecified atom stereocenters. The van der Waals surface area contributed by atoms with Crippen LogP contribution in [0.25, 0.3) is 0 Å². The van der Waals surface area contributed by atoms with Gasteiger partial charge >= 0.3 is 0 Å². The Morgan fingerprint density at radius 1 is 1.50 bits per heavy atom. The number of anilines is 1. The van der Waals surface area contributed by atoms with Crippen LogP contribution in [0.3, 0.4) is 0 Å². The summed E-state index contributed by atoms with van der Waals surface area (Å²) in [5.74, 6) is -0.857. The quantitative estimate of drug-likeness (QED) is 0.866. The molecule has 0 saturated carbocycles. The van der Waals surface area contributed by atoms with Crippen LogP contribution < -0.4 is 11.1 Å². The molecule has 2 rings (SSSR count). The number of para-hydroxylation sites is 1. The SMILES string of the molecule is CCC(N)c1cn(CC(=O)Nc2ccccc2F)nn1. The number of nitrogens with two attached hydrogens (primary N) is 1. The minimum atomic E-state index is -0.479. The predicted molar refractivity (Wildman–Crippen MR) is 72.3 cm³/mol. The lowest BCUT2D eigenvalue weighted by Gasteiger charge is -2.05. The van der Waals surface area contributed by atoms with Crippen molar-refractivity contribution in [2.24, 2.45) is 5.73 Å². The van der Waals surface area contributed by atoms with Crippen molar-refractivity contribution in [3.05, 3.63) is 42.0 Å². The second kappa shape index (κ2) is 6.25. The predicted octanol–water partition coefficient (Wildman–Crippen LogP) is 1.47. The number of nitrogens with zero attached hydrogens (tertiary/aromatic N) is 3. The first-order valence-corrected chi connectivity index (χ1v) is 6.30. The molecule has 0 fully saturated rings. The molecule has 0 spiro atoms. The van der Waals surface area contributed by atoms with E-state index >= 15 is 0 Å². The largest absolute Gasteiger partial charge is 0.323 e. The lowest BCUT2D eigenvalue weighted by Crippen LogP contribution is -2.19. The fourth-order valence-electron chi connectivity index (χ4n) is 1.67. The van der Waals surface area contributed by atoms with Crippen LogP contribution in [-0.2, 0) is 11.3 Å². The maximum absolute atomic E-state index is 13.4. The first-order chi connectivity index (χ1) is 9.60. The molecule has 0 bridgehead atoms. The van der Waals surface area contributed by atoms with E-state index in [-0.39, 0.29) is 24.2 Å². The van der Waals surface area contributed by atoms with Crippen molar-refractivity contribution in [2.75, 3.05) is 5.32 Å². The van der Waals surface area contributed by atoms with Gasteiger partial charge in [-0.05, 0) is 18.6 Å². The number of carbonyl (C=O) groups excluding carboxylic acids is 1. The van der Waals surface area contributed by atoms with Gasteiger partial charge in [0.05, 0.1) is 23.6 Å². The highest BCUT2D eigenvalue weighted by atomic mass is 19.1. The van der Waals surface area contributed by atoms with Gasteiger partial charge in [0.15, 0.2) is 0 Å². The molecule has 2 aromatic rings. The Morgan fingerprint density at radius 3 is 2.95 bits per heavy atom. The van der Waals surface area contributed by atoms with Crippen molar-refractivity contribution < 1.29 is 9.18 Å². The monoisotopic (exact) mass is 277 g/mol. The molecule has 0 aliphatic heterocycles. The van der Waals surface area contributed by atoms with E-state index < -0.39 is 5.82 Å². The minimum absolute atomic E-state index is 0.0439. The van der Waals surface area contributed by atoms with E-state index in [1.165, 1.54) is 16.8 Å². The van der Waals surface area contributed by atoms with E-state index in [0.717, 1.165) is 6.42 Å². The average Bonchev–Trinajstić information content (AvgIpc) is 2.89. The van der Waals surface area contributed by atoms with Crippen LogP contribution in [0.2, 0.25) is 0 Å². The third-order valence-electron chi connectivity index (χ3n) is 2.83. The van der Waals surface area contributed by atoms with Crippen molar-refractivity contribution >= 4 is 11.6 Å². The summed E-state index contributed by atoms with van der Waals surface area (Å²) >= 11 is 0. The summed E-state index contributed by atoms with van der Waals surface area (Å²) in [5.41, 5.74) is 6.59. The highest BCUT2D eigenvalue weighted by Crippen LogP contribution is 2.12. The third kappa shape index (κ3) is 3.39. The summed E-state index contributed by atoms with van der Waals surface area (Å²) in [6.45, 7) is 1.90. The molecular weight excluding hydrogens is 261 g/mol. The normalized spacial score (nSPS) is 12.2. The van der Waals surface area contributed by atoms with Crippen molar-refractivity contribution in [1.29, 1.82) is 0 Å². The van der Waals surface area contributed by atoms with Gasteiger partial charge in [0.25, 0.3) is 0 Å². The van der Waals surface area contributed by atoms with Gasteiger partial charge in [0.2, 0.25) is 5.91 Å². The molecule has 1 atom stereocenters. The maximum Gasteiger partial charge on any atom is 0.246 e. The van der Waals surface area contributed by atoms with E-state index in [4.69, 9.17) is 5.73 Å². The molecule has 0 saturated heterocycles. The second-order valence-electron chi connectivity index (χ2n) is 4.38. The van der Waals surface area contributed by atoms with Gasteiger partial charge in [0.1, 0.15) is 12.4 Å². The molecule has 106 valence electrons. The molecule has 1 aromatic carbocycles. The number of hydrogen-bond acceptors (Lipinski definition) is 4. The summed E-state index contributed by atoms with van der Waals surface area (Å²) in [4.78, 5) is 11.8. The number of aromatic nitrogens is 3. The average molecular weight is 277 g/mol. The van der Waals surface area contributed by atoms with Gasteiger partial charge in [-0.2, -0.15) is 0 Å². The topological polar surface area (TPSA) is 85.8 Å². The Labute approximate surface area is 115 Å². The van der Waals surface area contributed by atoms with E-state index in [1.54, 1.807) is 18.3 Å². The summed E-state index contributed by atoms with van der Waals surface area (Å²) in [6, 6.07) is 5.78. The van der Waals surface area contributed by atoms with Crippen molar-refractivity contribution in [2.45, 2.75) is 25.9 Å². The van der Waals surface area contributed by atoms with Crippen molar-refractivity contribution in [1.82, 2.24) is 15.0 Å². The number of amides is 1. The van der Waals surface area contributed by atoms with Gasteiger partial charge in [0, 0.05) is 0 Å². The standard InChI is InChI=1S/C13H16FN5O/c1-2-10(15)12-7-19(18-17-12)8-13(20)16-11-6-4-3-5-9(11)14/h3-7,10H,2,8,15H2,1H3,(H,16,20). The Kier molecular flexibility index (Phi) is 4.41. The molecule has 0 radical (unpaired) electrons. The number of halogens is 1. The van der Waals surface area contributed by atoms with Crippen molar-refractivity contribution in [3.63, 3.8) is 0 Å². The molecule has 7 heteroatoms. The summed E-state index contributed by atoms with van der Waals surface area (Å²) < 4.78 is 14.8. The first kappa shape index (κ1) is 14.1. The van der Waals surface area contributed by atoms with Crippen LogP contribution in [0.1, 0.15) is 25.1 Å². The number of carbonyl (C=O) groups is 1. The third-order valence-corrected chi connectivity index (χ3v) is 2.83. The van der Waals surface area contributed by atoms with Crippen LogP contribution >= 0.6 is 0 Å². The Bertz CT molecular complexity index is 598. The smallest absolute Gasteiger partial charge is 0.246 e. The summed E-state index contributed by atoms with van der Waals surface area (Å²) in [6.07, 6.45) is 2.36. The maximum atomic E-state index is 13.4. The molecule has 3 N–H and O–H groups in total. The van der Waals surface area contributed by atoms with E-state index in [2.05, 4.69) is 15.6 Å². The van der Waals surface area contributed by atoms with Crippen LogP contribution in [-0.4, -0.2) is 20.9 Å². The van der Waals surface area contributed by atoms with Gasteiger partial charge in [-0.1, -0.05) is 24.3 Å². The van der Waals surface area contributed by atoms with Crippen molar-refractivity contribution in [3.8, 4) is 0 Å². The Hall–Kier alpha value is -2.28. The molecule has 1 aromatic heterocycles. The molecule has 6 nitrogen and oxygen atoms in total. The molecule has 1 heterocycles. The molecule has 1 amide bonds. The van der Waals surface area contributed by atoms with Crippen LogP contribution in [0, 0.1) is 5.82 Å². The van der Waals surface area contributed by atoms with Gasteiger partial charge in [-0.15, -0.1) is 5.10 Å². The Balaban J connectivity index is 1.98. The van der Waals surface area contributed by atoms with Gasteiger partial charge in [-0.25, -0.2) is 9.07 Å². The molecule has 0 aliphatic carbocycles. The highest BCUT2D eigenvalue weighted by Gasteiger charge is 2.11. The number of benzene rings is 1. The molecule has 20 heavy (non-hydrogen) atoms.